The van der Waals surface area contributed by atoms with Crippen molar-refractivity contribution in [2.24, 2.45) is 0 Å². The average molecular weight is 188 g/mol. The summed E-state index contributed by atoms with van der Waals surface area (Å²) in [4.78, 5) is 13.7. The van der Waals surface area contributed by atoms with E-state index in [0.717, 1.165) is 6.29 Å². The minimum absolute atomic E-state index is 0.292. The van der Waals surface area contributed by atoms with Crippen LogP contribution < -0.4 is 0 Å². The standard InChI is InChI=1S/C6H5NO.C2H5ClO/c8-5-6-2-1-3-7-4-6;1-4-2-3/h1-5H;2H2,1H3. The van der Waals surface area contributed by atoms with Crippen LogP contribution in [0.3, 0.4) is 0 Å². The van der Waals surface area contributed by atoms with Crippen LogP contribution in [-0.2, 0) is 4.74 Å². The van der Waals surface area contributed by atoms with Gasteiger partial charge in [-0.05, 0) is 12.1 Å². The van der Waals surface area contributed by atoms with Gasteiger partial charge in [0, 0.05) is 25.1 Å². The molecule has 0 aromatic carbocycles. The molecule has 0 aliphatic heterocycles. The molecule has 0 bridgehead atoms. The van der Waals surface area contributed by atoms with Gasteiger partial charge in [0.1, 0.15) is 6.07 Å². The molecule has 0 saturated carbocycles. The lowest BCUT2D eigenvalue weighted by Crippen LogP contribution is -1.77. The number of carbonyl (C=O) groups excluding carboxylic acids is 1. The van der Waals surface area contributed by atoms with Gasteiger partial charge in [0.05, 0.1) is 0 Å². The smallest absolute Gasteiger partial charge is 0.151 e. The van der Waals surface area contributed by atoms with Gasteiger partial charge in [0.25, 0.3) is 0 Å². The maximum absolute atomic E-state index is 9.97. The predicted octanol–water partition coefficient (Wildman–Crippen LogP) is 1.72. The van der Waals surface area contributed by atoms with Gasteiger partial charge in [0.15, 0.2) is 6.29 Å². The van der Waals surface area contributed by atoms with Crippen LogP contribution in [0, 0.1) is 0 Å². The minimum Gasteiger partial charge on any atom is -0.369 e. The first-order chi connectivity index (χ1) is 5.85. The molecule has 12 heavy (non-hydrogen) atoms. The zero-order valence-corrected chi connectivity index (χ0v) is 7.49. The number of methoxy groups -OCH3 is 1. The Hall–Kier alpha value is -0.930. The third-order valence-corrected chi connectivity index (χ3v) is 1.15. The predicted molar refractivity (Wildman–Crippen MR) is 47.4 cm³/mol. The number of aldehydes is 1. The third kappa shape index (κ3) is 5.82. The Labute approximate surface area is 76.3 Å². The lowest BCUT2D eigenvalue weighted by molar-refractivity contribution is 0.112. The van der Waals surface area contributed by atoms with Crippen molar-refractivity contribution < 1.29 is 9.53 Å². The van der Waals surface area contributed by atoms with E-state index in [2.05, 4.69) is 9.72 Å². The first kappa shape index (κ1) is 11.1. The highest BCUT2D eigenvalue weighted by atomic mass is 35.5. The van der Waals surface area contributed by atoms with E-state index < -0.39 is 0 Å². The normalized spacial score (nSPS) is 8.17. The van der Waals surface area contributed by atoms with Crippen molar-refractivity contribution in [3.63, 3.8) is 0 Å². The molecule has 0 amide bonds. The van der Waals surface area contributed by atoms with Crippen molar-refractivity contribution in [2.75, 3.05) is 13.2 Å². The Morgan fingerprint density at radius 1 is 1.75 bits per heavy atom. The Morgan fingerprint density at radius 2 is 2.42 bits per heavy atom. The van der Waals surface area contributed by atoms with Crippen LogP contribution in [0.5, 0.6) is 0 Å². The molecule has 0 aliphatic carbocycles. The number of rotatable bonds is 2. The third-order valence-electron chi connectivity index (χ3n) is 0.930. The molecule has 0 fully saturated rings. The van der Waals surface area contributed by atoms with Crippen molar-refractivity contribution in [2.45, 2.75) is 0 Å². The molecule has 1 rings (SSSR count). The van der Waals surface area contributed by atoms with E-state index in [9.17, 15) is 4.79 Å². The summed E-state index contributed by atoms with van der Waals surface area (Å²) in [6.07, 6.45) is 3.92. The largest absolute Gasteiger partial charge is 0.369 e. The van der Waals surface area contributed by atoms with Crippen molar-refractivity contribution in [1.82, 2.24) is 4.98 Å². The Bertz CT molecular complexity index is 201. The number of hydrogen-bond donors (Lipinski definition) is 0. The zero-order chi connectivity index (χ0) is 9.23. The fourth-order valence-electron chi connectivity index (χ4n) is 0.446. The van der Waals surface area contributed by atoms with E-state index in [1.807, 2.05) is 0 Å². The van der Waals surface area contributed by atoms with E-state index in [1.54, 1.807) is 25.4 Å². The van der Waals surface area contributed by atoms with Crippen LogP contribution in [0.2, 0.25) is 0 Å². The molecule has 0 spiro atoms. The number of ether oxygens (including phenoxy) is 1. The summed E-state index contributed by atoms with van der Waals surface area (Å²) >= 11 is 4.96. The van der Waals surface area contributed by atoms with Crippen LogP contribution in [0.1, 0.15) is 10.4 Å². The van der Waals surface area contributed by atoms with E-state index >= 15 is 0 Å². The monoisotopic (exact) mass is 187 g/mol. The van der Waals surface area contributed by atoms with Crippen LogP contribution in [0.4, 0.5) is 0 Å². The molecule has 0 N–H and O–H groups in total. The number of alkyl halides is 1. The maximum Gasteiger partial charge on any atom is 0.151 e. The van der Waals surface area contributed by atoms with E-state index in [-0.39, 0.29) is 0 Å². The summed E-state index contributed by atoms with van der Waals surface area (Å²) in [6.45, 7) is 0. The molecule has 0 saturated heterocycles. The van der Waals surface area contributed by atoms with Crippen molar-refractivity contribution >= 4 is 17.9 Å². The summed E-state index contributed by atoms with van der Waals surface area (Å²) in [5, 5.41) is 0. The van der Waals surface area contributed by atoms with E-state index in [1.165, 1.54) is 6.20 Å². The molecule has 0 radical (unpaired) electrons. The van der Waals surface area contributed by atoms with Gasteiger partial charge >= 0.3 is 0 Å². The SMILES string of the molecule is COCCl.O=Cc1cccnc1. The van der Waals surface area contributed by atoms with Crippen LogP contribution in [0.25, 0.3) is 0 Å². The van der Waals surface area contributed by atoms with Gasteiger partial charge in [-0.1, -0.05) is 11.6 Å². The van der Waals surface area contributed by atoms with Crippen molar-refractivity contribution in [3.05, 3.63) is 30.1 Å². The first-order valence-electron chi connectivity index (χ1n) is 3.25. The molecule has 1 heterocycles. The number of nitrogens with zero attached hydrogens (tertiary/aromatic N) is 1. The molecule has 0 unspecified atom stereocenters. The number of pyridine rings is 1. The van der Waals surface area contributed by atoms with Gasteiger partial charge in [-0.3, -0.25) is 9.78 Å². The molecule has 3 nitrogen and oxygen atoms in total. The molecule has 1 aromatic rings. The number of aromatic nitrogens is 1. The number of carbonyl (C=O) groups is 1. The summed E-state index contributed by atoms with van der Waals surface area (Å²) in [5.41, 5.74) is 0.618. The fourth-order valence-corrected chi connectivity index (χ4v) is 0.446. The second-order valence-electron chi connectivity index (χ2n) is 1.80. The molecule has 66 valence electrons. The highest BCUT2D eigenvalue weighted by molar-refractivity contribution is 6.17. The lowest BCUT2D eigenvalue weighted by Gasteiger charge is -1.81. The Kier molecular flexibility index (Phi) is 7.54. The van der Waals surface area contributed by atoms with E-state index in [4.69, 9.17) is 11.6 Å². The lowest BCUT2D eigenvalue weighted by atomic mass is 10.3. The zero-order valence-electron chi connectivity index (χ0n) is 6.74. The van der Waals surface area contributed by atoms with Crippen molar-refractivity contribution in [1.29, 1.82) is 0 Å². The highest BCUT2D eigenvalue weighted by Gasteiger charge is 1.81. The van der Waals surface area contributed by atoms with E-state index in [0.29, 0.717) is 11.6 Å². The highest BCUT2D eigenvalue weighted by Crippen LogP contribution is 1.87. The van der Waals surface area contributed by atoms with Crippen LogP contribution in [-0.4, -0.2) is 24.4 Å². The second-order valence-corrected chi connectivity index (χ2v) is 2.02. The van der Waals surface area contributed by atoms with Crippen LogP contribution >= 0.6 is 11.6 Å². The molecule has 0 aliphatic rings. The van der Waals surface area contributed by atoms with Gasteiger partial charge in [-0.15, -0.1) is 0 Å². The van der Waals surface area contributed by atoms with Gasteiger partial charge < -0.3 is 4.74 Å². The number of hydrogen-bond acceptors (Lipinski definition) is 3. The maximum atomic E-state index is 9.97. The van der Waals surface area contributed by atoms with Gasteiger partial charge in [-0.2, -0.15) is 0 Å². The van der Waals surface area contributed by atoms with Crippen molar-refractivity contribution in [3.8, 4) is 0 Å². The molecule has 4 heteroatoms. The molecule has 0 atom stereocenters. The fraction of sp³-hybridized carbons (Fsp3) is 0.250. The van der Waals surface area contributed by atoms with Gasteiger partial charge in [0.2, 0.25) is 0 Å². The Morgan fingerprint density at radius 3 is 2.67 bits per heavy atom. The summed E-state index contributed by atoms with van der Waals surface area (Å²) in [7, 11) is 1.55. The quantitative estimate of drug-likeness (QED) is 0.523. The summed E-state index contributed by atoms with van der Waals surface area (Å²) in [6, 6.07) is 3.73. The number of halogens is 1. The summed E-state index contributed by atoms with van der Waals surface area (Å²) in [5.74, 6) is 0. The molecular weight excluding hydrogens is 178 g/mol. The topological polar surface area (TPSA) is 39.2 Å². The Balaban J connectivity index is 0.000000261. The second kappa shape index (κ2) is 8.17. The summed E-state index contributed by atoms with van der Waals surface area (Å²) < 4.78 is 4.31. The van der Waals surface area contributed by atoms with Gasteiger partial charge in [-0.25, -0.2) is 0 Å². The molecule has 1 aromatic heterocycles. The molecular formula is C8H10ClNO2. The van der Waals surface area contributed by atoms with Crippen LogP contribution in [0.15, 0.2) is 24.5 Å². The average Bonchev–Trinajstić information content (AvgIpc) is 2.19. The first-order valence-corrected chi connectivity index (χ1v) is 3.78. The minimum atomic E-state index is 0.292.